The van der Waals surface area contributed by atoms with Crippen LogP contribution in [0.5, 0.6) is 0 Å². The van der Waals surface area contributed by atoms with Crippen molar-refractivity contribution in [3.05, 3.63) is 10.1 Å². The number of nitrogens with zero attached hydrogens (tertiary/aromatic N) is 1. The lowest BCUT2D eigenvalue weighted by Crippen LogP contribution is -2.39. The van der Waals surface area contributed by atoms with E-state index in [1.165, 1.54) is 0 Å². The molecule has 2 rings (SSSR count). The average Bonchev–Trinajstić information content (AvgIpc) is 2.49. The Labute approximate surface area is 70.6 Å². The Kier molecular flexibility index (Phi) is 1.98. The molecule has 12 heavy (non-hydrogen) atoms. The average molecular weight is 171 g/mol. The van der Waals surface area contributed by atoms with Crippen molar-refractivity contribution in [2.75, 3.05) is 6.54 Å². The van der Waals surface area contributed by atoms with E-state index in [1.54, 1.807) is 0 Å². The second-order valence-corrected chi connectivity index (χ2v) is 3.64. The third-order valence-corrected chi connectivity index (χ3v) is 2.90. The van der Waals surface area contributed by atoms with Crippen LogP contribution in [-0.2, 0) is 0 Å². The van der Waals surface area contributed by atoms with Gasteiger partial charge in [0.2, 0.25) is 6.04 Å². The highest BCUT2D eigenvalue weighted by Gasteiger charge is 2.38. The van der Waals surface area contributed by atoms with Gasteiger partial charge in [-0.2, -0.15) is 0 Å². The summed E-state index contributed by atoms with van der Waals surface area (Å²) < 4.78 is 0. The van der Waals surface area contributed by atoms with Gasteiger partial charge in [0.1, 0.15) is 0 Å². The van der Waals surface area contributed by atoms with Crippen LogP contribution in [0.3, 0.4) is 0 Å². The molecule has 0 aromatic carbocycles. The van der Waals surface area contributed by atoms with E-state index in [2.05, 4.69) is 10.9 Å². The molecule has 0 spiro atoms. The molecule has 1 saturated carbocycles. The van der Waals surface area contributed by atoms with Crippen LogP contribution in [0, 0.1) is 16.0 Å². The molecular formula is C7H13N3O2. The van der Waals surface area contributed by atoms with Gasteiger partial charge in [0, 0.05) is 30.4 Å². The molecule has 3 atom stereocenters. The minimum absolute atomic E-state index is 0.130. The molecule has 1 saturated heterocycles. The Morgan fingerprint density at radius 1 is 1.42 bits per heavy atom. The third kappa shape index (κ3) is 1.30. The van der Waals surface area contributed by atoms with Crippen molar-refractivity contribution in [3.8, 4) is 0 Å². The Morgan fingerprint density at radius 2 is 2.25 bits per heavy atom. The van der Waals surface area contributed by atoms with Gasteiger partial charge < -0.3 is 0 Å². The molecule has 5 heteroatoms. The van der Waals surface area contributed by atoms with Crippen molar-refractivity contribution in [1.82, 2.24) is 10.9 Å². The lowest BCUT2D eigenvalue weighted by atomic mass is 9.83. The van der Waals surface area contributed by atoms with Crippen molar-refractivity contribution in [1.29, 1.82) is 0 Å². The van der Waals surface area contributed by atoms with Crippen molar-refractivity contribution >= 4 is 0 Å². The molecule has 0 bridgehead atoms. The molecule has 0 radical (unpaired) electrons. The van der Waals surface area contributed by atoms with Gasteiger partial charge in [-0.1, -0.05) is 0 Å². The van der Waals surface area contributed by atoms with Crippen molar-refractivity contribution in [2.45, 2.75) is 31.3 Å². The van der Waals surface area contributed by atoms with Crippen LogP contribution < -0.4 is 10.9 Å². The van der Waals surface area contributed by atoms with Crippen molar-refractivity contribution in [2.24, 2.45) is 5.92 Å². The molecule has 1 heterocycles. The zero-order valence-corrected chi connectivity index (χ0v) is 6.82. The Bertz CT molecular complexity index is 197. The fraction of sp³-hybridized carbons (Fsp3) is 1.00. The fourth-order valence-electron chi connectivity index (χ4n) is 2.17. The molecule has 0 amide bonds. The molecule has 2 aliphatic rings. The normalized spacial score (nSPS) is 40.8. The van der Waals surface area contributed by atoms with Gasteiger partial charge in [0.25, 0.3) is 0 Å². The van der Waals surface area contributed by atoms with Gasteiger partial charge >= 0.3 is 0 Å². The lowest BCUT2D eigenvalue weighted by Gasteiger charge is -2.25. The van der Waals surface area contributed by atoms with Crippen LogP contribution >= 0.6 is 0 Å². The Hall–Kier alpha value is -0.680. The van der Waals surface area contributed by atoms with Gasteiger partial charge in [-0.05, 0) is 12.3 Å². The molecule has 1 aliphatic heterocycles. The summed E-state index contributed by atoms with van der Waals surface area (Å²) in [4.78, 5) is 10.4. The summed E-state index contributed by atoms with van der Waals surface area (Å²) in [6, 6.07) is 0.175. The SMILES string of the molecule is O=[N+]([O-])C1CCC2NNCC2C1. The van der Waals surface area contributed by atoms with Crippen molar-refractivity contribution in [3.63, 3.8) is 0 Å². The van der Waals surface area contributed by atoms with E-state index in [0.717, 1.165) is 25.8 Å². The molecule has 0 aromatic rings. The molecule has 2 N–H and O–H groups in total. The quantitative estimate of drug-likeness (QED) is 0.427. The smallest absolute Gasteiger partial charge is 0.213 e. The lowest BCUT2D eigenvalue weighted by molar-refractivity contribution is -0.527. The van der Waals surface area contributed by atoms with Crippen LogP contribution in [0.1, 0.15) is 19.3 Å². The number of hydrogen-bond donors (Lipinski definition) is 2. The molecule has 5 nitrogen and oxygen atoms in total. The first-order valence-electron chi connectivity index (χ1n) is 4.39. The summed E-state index contributed by atoms with van der Waals surface area (Å²) in [5.74, 6) is 0.467. The number of fused-ring (bicyclic) bond motifs is 1. The first-order valence-corrected chi connectivity index (χ1v) is 4.39. The number of rotatable bonds is 1. The van der Waals surface area contributed by atoms with E-state index >= 15 is 0 Å². The summed E-state index contributed by atoms with van der Waals surface area (Å²) in [6.07, 6.45) is 2.39. The molecular weight excluding hydrogens is 158 g/mol. The minimum atomic E-state index is -0.298. The van der Waals surface area contributed by atoms with Gasteiger partial charge in [-0.3, -0.25) is 21.0 Å². The number of hydrogen-bond acceptors (Lipinski definition) is 4. The van der Waals surface area contributed by atoms with Crippen molar-refractivity contribution < 1.29 is 4.92 Å². The number of nitro groups is 1. The van der Waals surface area contributed by atoms with Gasteiger partial charge in [0.15, 0.2) is 0 Å². The molecule has 68 valence electrons. The highest BCUT2D eigenvalue weighted by atomic mass is 16.6. The van der Waals surface area contributed by atoms with E-state index < -0.39 is 0 Å². The maximum Gasteiger partial charge on any atom is 0.213 e. The minimum Gasteiger partial charge on any atom is -0.264 e. The fourth-order valence-corrected chi connectivity index (χ4v) is 2.17. The number of nitrogens with one attached hydrogen (secondary N) is 2. The summed E-state index contributed by atoms with van der Waals surface area (Å²) in [7, 11) is 0. The summed E-state index contributed by atoms with van der Waals surface area (Å²) in [5.41, 5.74) is 6.20. The van der Waals surface area contributed by atoms with E-state index in [-0.39, 0.29) is 11.0 Å². The predicted molar refractivity (Wildman–Crippen MR) is 43.0 cm³/mol. The molecule has 3 unspecified atom stereocenters. The monoisotopic (exact) mass is 171 g/mol. The molecule has 0 aromatic heterocycles. The van der Waals surface area contributed by atoms with Gasteiger partial charge in [-0.15, -0.1) is 0 Å². The molecule has 2 fully saturated rings. The summed E-state index contributed by atoms with van der Waals surface area (Å²) in [6.45, 7) is 0.884. The Balaban J connectivity index is 1.96. The maximum absolute atomic E-state index is 10.5. The first kappa shape index (κ1) is 7.94. The Morgan fingerprint density at radius 3 is 3.00 bits per heavy atom. The van der Waals surface area contributed by atoms with E-state index in [9.17, 15) is 10.1 Å². The van der Waals surface area contributed by atoms with E-state index in [1.807, 2.05) is 0 Å². The van der Waals surface area contributed by atoms with Crippen LogP contribution in [0.4, 0.5) is 0 Å². The van der Waals surface area contributed by atoms with E-state index in [0.29, 0.717) is 12.0 Å². The van der Waals surface area contributed by atoms with Crippen LogP contribution in [0.15, 0.2) is 0 Å². The first-order chi connectivity index (χ1) is 5.77. The highest BCUT2D eigenvalue weighted by Crippen LogP contribution is 2.27. The zero-order chi connectivity index (χ0) is 8.55. The standard InChI is InChI=1S/C7H13N3O2/c11-10(12)6-1-2-7-5(3-6)4-8-9-7/h5-9H,1-4H2. The zero-order valence-electron chi connectivity index (χ0n) is 6.82. The van der Waals surface area contributed by atoms with Crippen LogP contribution in [0.25, 0.3) is 0 Å². The van der Waals surface area contributed by atoms with Crippen LogP contribution in [0.2, 0.25) is 0 Å². The van der Waals surface area contributed by atoms with E-state index in [4.69, 9.17) is 0 Å². The largest absolute Gasteiger partial charge is 0.264 e. The second-order valence-electron chi connectivity index (χ2n) is 3.64. The summed E-state index contributed by atoms with van der Waals surface area (Å²) in [5, 5.41) is 10.5. The topological polar surface area (TPSA) is 67.2 Å². The highest BCUT2D eigenvalue weighted by molar-refractivity contribution is 4.88. The molecule has 1 aliphatic carbocycles. The van der Waals surface area contributed by atoms with Crippen LogP contribution in [-0.4, -0.2) is 23.6 Å². The number of hydrazine groups is 1. The van der Waals surface area contributed by atoms with Gasteiger partial charge in [0.05, 0.1) is 0 Å². The third-order valence-electron chi connectivity index (χ3n) is 2.90. The summed E-state index contributed by atoms with van der Waals surface area (Å²) >= 11 is 0. The van der Waals surface area contributed by atoms with Gasteiger partial charge in [-0.25, -0.2) is 0 Å². The maximum atomic E-state index is 10.5. The second kappa shape index (κ2) is 2.99. The predicted octanol–water partition coefficient (Wildman–Crippen LogP) is -0.0918.